The molecule has 2 amide bonds. The van der Waals surface area contributed by atoms with Crippen LogP contribution in [0.3, 0.4) is 0 Å². The fraction of sp³-hybridized carbons (Fsp3) is 0.316. The molecule has 3 saturated heterocycles. The molecular weight excluding hydrogens is 606 g/mol. The lowest BCUT2D eigenvalue weighted by Crippen LogP contribution is -2.40. The second-order valence-corrected chi connectivity index (χ2v) is 13.3. The van der Waals surface area contributed by atoms with E-state index in [2.05, 4.69) is 15.5 Å². The summed E-state index contributed by atoms with van der Waals surface area (Å²) in [4.78, 5) is 32.5. The maximum Gasteiger partial charge on any atom is 0.255 e. The Morgan fingerprint density at radius 1 is 0.667 bits per heavy atom. The molecule has 248 valence electrons. The highest BCUT2D eigenvalue weighted by molar-refractivity contribution is 6.05. The quantitative estimate of drug-likeness (QED) is 0.247. The summed E-state index contributed by atoms with van der Waals surface area (Å²) in [7, 11) is 7.78. The Bertz CT molecular complexity index is 1770. The van der Waals surface area contributed by atoms with Gasteiger partial charge in [0.15, 0.2) is 0 Å². The SMILES string of the molecule is CN(C)c1cccc(C(=O)Nc2cccc([C@]3(C)O[C@H]4CO[C@@H]5N4[C@H]3O[C@@]5(C)c3cccc(NC(=O)c4cccc(N(C)C)c4)c3)c2)c1. The van der Waals surface area contributed by atoms with Crippen molar-refractivity contribution in [3.05, 3.63) is 119 Å². The molecule has 0 radical (unpaired) electrons. The van der Waals surface area contributed by atoms with Gasteiger partial charge < -0.3 is 34.6 Å². The van der Waals surface area contributed by atoms with E-state index in [-0.39, 0.29) is 18.0 Å². The van der Waals surface area contributed by atoms with Crippen LogP contribution in [0.25, 0.3) is 0 Å². The average molecular weight is 648 g/mol. The van der Waals surface area contributed by atoms with Gasteiger partial charge in [-0.05, 0) is 85.6 Å². The molecule has 0 unspecified atom stereocenters. The highest BCUT2D eigenvalue weighted by Gasteiger charge is 2.68. The number of nitrogens with zero attached hydrogens (tertiary/aromatic N) is 3. The van der Waals surface area contributed by atoms with Crippen molar-refractivity contribution >= 4 is 34.6 Å². The highest BCUT2D eigenvalue weighted by Crippen LogP contribution is 2.56. The molecule has 4 aromatic rings. The van der Waals surface area contributed by atoms with E-state index in [0.717, 1.165) is 22.5 Å². The van der Waals surface area contributed by atoms with Crippen LogP contribution in [0.4, 0.5) is 22.7 Å². The molecule has 7 rings (SSSR count). The zero-order valence-electron chi connectivity index (χ0n) is 28.1. The number of ether oxygens (including phenoxy) is 3. The molecule has 48 heavy (non-hydrogen) atoms. The Morgan fingerprint density at radius 2 is 1.15 bits per heavy atom. The fourth-order valence-electron chi connectivity index (χ4n) is 6.89. The maximum atomic E-state index is 13.2. The smallest absolute Gasteiger partial charge is 0.255 e. The summed E-state index contributed by atoms with van der Waals surface area (Å²) in [5, 5.41) is 6.11. The second-order valence-electron chi connectivity index (χ2n) is 13.3. The number of nitrogens with one attached hydrogen (secondary N) is 2. The van der Waals surface area contributed by atoms with Crippen LogP contribution in [-0.4, -0.2) is 70.2 Å². The molecule has 0 aromatic heterocycles. The van der Waals surface area contributed by atoms with Crippen molar-refractivity contribution < 1.29 is 23.8 Å². The van der Waals surface area contributed by atoms with Gasteiger partial charge in [0.2, 0.25) is 0 Å². The first-order chi connectivity index (χ1) is 23.0. The minimum atomic E-state index is -0.848. The largest absolute Gasteiger partial charge is 0.378 e. The van der Waals surface area contributed by atoms with Crippen molar-refractivity contribution in [2.45, 2.75) is 43.7 Å². The monoisotopic (exact) mass is 647 g/mol. The van der Waals surface area contributed by atoms with Crippen LogP contribution < -0.4 is 20.4 Å². The summed E-state index contributed by atoms with van der Waals surface area (Å²) in [6, 6.07) is 30.5. The number of carbonyl (C=O) groups excluding carboxylic acids is 2. The van der Waals surface area contributed by atoms with Crippen LogP contribution in [0.15, 0.2) is 97.1 Å². The molecule has 0 aliphatic carbocycles. The van der Waals surface area contributed by atoms with Crippen LogP contribution in [0.1, 0.15) is 45.7 Å². The minimum Gasteiger partial charge on any atom is -0.378 e. The van der Waals surface area contributed by atoms with Gasteiger partial charge in [-0.2, -0.15) is 0 Å². The summed E-state index contributed by atoms with van der Waals surface area (Å²) >= 11 is 0. The molecule has 3 fully saturated rings. The third-order valence-corrected chi connectivity index (χ3v) is 9.59. The van der Waals surface area contributed by atoms with Gasteiger partial charge in [-0.1, -0.05) is 36.4 Å². The van der Waals surface area contributed by atoms with E-state index in [9.17, 15) is 9.59 Å². The lowest BCUT2D eigenvalue weighted by Gasteiger charge is -2.33. The number of amides is 2. The summed E-state index contributed by atoms with van der Waals surface area (Å²) in [6.45, 7) is 4.45. The summed E-state index contributed by atoms with van der Waals surface area (Å²) in [5.41, 5.74) is 4.44. The topological polar surface area (TPSA) is 95.6 Å². The van der Waals surface area contributed by atoms with Gasteiger partial charge in [0, 0.05) is 62.1 Å². The number of rotatable bonds is 8. The van der Waals surface area contributed by atoms with Crippen molar-refractivity contribution in [3.63, 3.8) is 0 Å². The van der Waals surface area contributed by atoms with Crippen molar-refractivity contribution in [2.75, 3.05) is 55.2 Å². The van der Waals surface area contributed by atoms with Crippen LogP contribution in [0, 0.1) is 0 Å². The Morgan fingerprint density at radius 3 is 1.65 bits per heavy atom. The fourth-order valence-corrected chi connectivity index (χ4v) is 6.89. The molecule has 4 aromatic carbocycles. The highest BCUT2D eigenvalue weighted by atomic mass is 16.7. The molecule has 0 spiro atoms. The molecule has 0 saturated carbocycles. The second kappa shape index (κ2) is 12.1. The van der Waals surface area contributed by atoms with Crippen molar-refractivity contribution in [2.24, 2.45) is 0 Å². The predicted octanol–water partition coefficient (Wildman–Crippen LogP) is 5.82. The van der Waals surface area contributed by atoms with Crippen molar-refractivity contribution in [3.8, 4) is 0 Å². The Kier molecular flexibility index (Phi) is 7.99. The first-order valence-corrected chi connectivity index (χ1v) is 16.1. The van der Waals surface area contributed by atoms with Crippen LogP contribution >= 0.6 is 0 Å². The number of hydrogen-bond acceptors (Lipinski definition) is 8. The number of hydrogen-bond donors (Lipinski definition) is 2. The normalized spacial score (nSPS) is 25.8. The van der Waals surface area contributed by atoms with Gasteiger partial charge >= 0.3 is 0 Å². The van der Waals surface area contributed by atoms with Gasteiger partial charge in [-0.15, -0.1) is 0 Å². The maximum absolute atomic E-state index is 13.2. The van der Waals surface area contributed by atoms with Gasteiger partial charge in [0.25, 0.3) is 11.8 Å². The van der Waals surface area contributed by atoms with Gasteiger partial charge in [0.1, 0.15) is 29.9 Å². The van der Waals surface area contributed by atoms with E-state index >= 15 is 0 Å². The summed E-state index contributed by atoms with van der Waals surface area (Å²) in [5.74, 6) is -0.381. The number of anilines is 4. The molecule has 2 N–H and O–H groups in total. The molecule has 3 aliphatic rings. The van der Waals surface area contributed by atoms with Gasteiger partial charge in [-0.3, -0.25) is 9.59 Å². The van der Waals surface area contributed by atoms with E-state index in [4.69, 9.17) is 14.2 Å². The molecule has 10 nitrogen and oxygen atoms in total. The molecular formula is C38H41N5O5. The summed E-state index contributed by atoms with van der Waals surface area (Å²) in [6.07, 6.45) is -1.16. The standard InChI is InChI=1S/C38H41N5O5/c1-37(26-13-9-15-28(21-26)39-33(44)24-11-7-17-30(19-24)41(3)4)35-43-32(23-46-35)47-38(2,36(43)48-37)27-14-10-16-29(22-27)40-34(45)25-12-8-18-31(20-25)42(5)6/h7-22,32,35-36H,23H2,1-6H3,(H,39,44)(H,40,45)/t32-,35-,36-,37-,38-/m0/s1. The Balaban J connectivity index is 1.12. The van der Waals surface area contributed by atoms with E-state index < -0.39 is 23.7 Å². The zero-order valence-corrected chi connectivity index (χ0v) is 28.1. The third-order valence-electron chi connectivity index (χ3n) is 9.59. The van der Waals surface area contributed by atoms with Crippen LogP contribution in [-0.2, 0) is 25.4 Å². The van der Waals surface area contributed by atoms with E-state index in [1.807, 2.05) is 137 Å². The zero-order chi connectivity index (χ0) is 33.8. The molecule has 3 heterocycles. The van der Waals surface area contributed by atoms with Crippen LogP contribution in [0.5, 0.6) is 0 Å². The molecule has 3 aliphatic heterocycles. The van der Waals surface area contributed by atoms with Gasteiger partial charge in [0.05, 0.1) is 6.61 Å². The minimum absolute atomic E-state index is 0.190. The first-order valence-electron chi connectivity index (χ1n) is 16.1. The lowest BCUT2D eigenvalue weighted by atomic mass is 9.93. The molecule has 5 atom stereocenters. The van der Waals surface area contributed by atoms with Crippen molar-refractivity contribution in [1.82, 2.24) is 4.90 Å². The average Bonchev–Trinajstić information content (AvgIpc) is 3.73. The molecule has 10 heteroatoms. The summed E-state index contributed by atoms with van der Waals surface area (Å²) < 4.78 is 19.9. The van der Waals surface area contributed by atoms with E-state index in [0.29, 0.717) is 29.1 Å². The number of carbonyl (C=O) groups is 2. The predicted molar refractivity (Wildman–Crippen MR) is 186 cm³/mol. The van der Waals surface area contributed by atoms with Crippen LogP contribution in [0.2, 0.25) is 0 Å². The Hall–Kier alpha value is -4.74. The number of benzene rings is 4. The lowest BCUT2D eigenvalue weighted by molar-refractivity contribution is -0.138. The first kappa shape index (κ1) is 31.8. The third kappa shape index (κ3) is 5.50. The van der Waals surface area contributed by atoms with Gasteiger partial charge in [-0.25, -0.2) is 4.90 Å². The van der Waals surface area contributed by atoms with E-state index in [1.54, 1.807) is 12.1 Å². The molecule has 0 bridgehead atoms. The van der Waals surface area contributed by atoms with Crippen molar-refractivity contribution in [1.29, 1.82) is 0 Å². The Labute approximate surface area is 281 Å². The van der Waals surface area contributed by atoms with E-state index in [1.165, 1.54) is 0 Å².